The fourth-order valence-electron chi connectivity index (χ4n) is 3.10. The second-order valence-corrected chi connectivity index (χ2v) is 6.50. The third-order valence-corrected chi connectivity index (χ3v) is 4.59. The van der Waals surface area contributed by atoms with E-state index < -0.39 is 17.6 Å². The summed E-state index contributed by atoms with van der Waals surface area (Å²) in [7, 11) is 0. The van der Waals surface area contributed by atoms with Crippen LogP contribution in [0.5, 0.6) is 0 Å². The molecule has 2 amide bonds. The van der Waals surface area contributed by atoms with Gasteiger partial charge in [-0.25, -0.2) is 0 Å². The van der Waals surface area contributed by atoms with Crippen LogP contribution in [0.2, 0.25) is 0 Å². The number of rotatable bonds is 4. The summed E-state index contributed by atoms with van der Waals surface area (Å²) in [5.74, 6) is -0.545. The van der Waals surface area contributed by atoms with Gasteiger partial charge in [0.2, 0.25) is 5.91 Å². The number of hydrogen-bond donors (Lipinski definition) is 0. The van der Waals surface area contributed by atoms with Crippen LogP contribution < -0.4 is 4.90 Å². The molecule has 0 radical (unpaired) electrons. The number of carbonyl (C=O) groups excluding carboxylic acids is 2. The minimum Gasteiger partial charge on any atom is -0.324 e. The van der Waals surface area contributed by atoms with Crippen LogP contribution in [0.15, 0.2) is 48.5 Å². The van der Waals surface area contributed by atoms with Crippen molar-refractivity contribution in [1.82, 2.24) is 4.90 Å². The van der Waals surface area contributed by atoms with Crippen molar-refractivity contribution >= 4 is 17.5 Å². The van der Waals surface area contributed by atoms with Gasteiger partial charge in [0.15, 0.2) is 0 Å². The normalized spacial score (nSPS) is 14.5. The third kappa shape index (κ3) is 4.13. The van der Waals surface area contributed by atoms with E-state index in [2.05, 4.69) is 0 Å². The number of halogens is 3. The van der Waals surface area contributed by atoms with Crippen molar-refractivity contribution in [3.8, 4) is 0 Å². The second-order valence-electron chi connectivity index (χ2n) is 6.50. The summed E-state index contributed by atoms with van der Waals surface area (Å²) in [6, 6.07) is 11.5. The van der Waals surface area contributed by atoms with Gasteiger partial charge in [-0.3, -0.25) is 14.5 Å². The number of benzene rings is 2. The maximum Gasteiger partial charge on any atom is 0.416 e. The average molecular weight is 376 g/mol. The monoisotopic (exact) mass is 376 g/mol. The third-order valence-electron chi connectivity index (χ3n) is 4.59. The first-order valence-electron chi connectivity index (χ1n) is 8.60. The fourth-order valence-corrected chi connectivity index (χ4v) is 3.10. The van der Waals surface area contributed by atoms with Crippen LogP contribution in [0.1, 0.15) is 34.3 Å². The van der Waals surface area contributed by atoms with Crippen LogP contribution in [0.25, 0.3) is 0 Å². The van der Waals surface area contributed by atoms with Crippen LogP contribution in [-0.4, -0.2) is 29.9 Å². The molecule has 0 bridgehead atoms. The minimum absolute atomic E-state index is 0.0761. The van der Waals surface area contributed by atoms with Crippen molar-refractivity contribution in [1.29, 1.82) is 0 Å². The van der Waals surface area contributed by atoms with E-state index in [1.807, 2.05) is 0 Å². The van der Waals surface area contributed by atoms with Gasteiger partial charge in [0.1, 0.15) is 6.67 Å². The van der Waals surface area contributed by atoms with E-state index in [-0.39, 0.29) is 18.3 Å². The number of hydrogen-bond acceptors (Lipinski definition) is 2. The Balaban J connectivity index is 2.01. The lowest BCUT2D eigenvalue weighted by Crippen LogP contribution is -2.42. The van der Waals surface area contributed by atoms with E-state index in [1.54, 1.807) is 31.2 Å². The van der Waals surface area contributed by atoms with Crippen LogP contribution in [0.3, 0.4) is 0 Å². The largest absolute Gasteiger partial charge is 0.416 e. The maximum atomic E-state index is 13.1. The number of likely N-dealkylation sites (tertiary alicyclic amines) is 1. The molecule has 27 heavy (non-hydrogen) atoms. The van der Waals surface area contributed by atoms with Crippen LogP contribution in [0.4, 0.5) is 18.9 Å². The van der Waals surface area contributed by atoms with Crippen molar-refractivity contribution in [3.63, 3.8) is 0 Å². The van der Waals surface area contributed by atoms with E-state index in [4.69, 9.17) is 0 Å². The predicted octanol–water partition coefficient (Wildman–Crippen LogP) is 4.24. The Labute approximate surface area is 155 Å². The molecule has 0 aliphatic carbocycles. The molecule has 1 aliphatic heterocycles. The first kappa shape index (κ1) is 18.9. The first-order chi connectivity index (χ1) is 12.8. The topological polar surface area (TPSA) is 40.6 Å². The van der Waals surface area contributed by atoms with Gasteiger partial charge in [-0.1, -0.05) is 24.3 Å². The van der Waals surface area contributed by atoms with Gasteiger partial charge in [-0.05, 0) is 43.2 Å². The smallest absolute Gasteiger partial charge is 0.324 e. The highest BCUT2D eigenvalue weighted by Gasteiger charge is 2.32. The molecular formula is C20H19F3N2O2. The summed E-state index contributed by atoms with van der Waals surface area (Å²) >= 11 is 0. The molecule has 7 heteroatoms. The van der Waals surface area contributed by atoms with Gasteiger partial charge in [0, 0.05) is 24.2 Å². The molecule has 142 valence electrons. The van der Waals surface area contributed by atoms with Gasteiger partial charge >= 0.3 is 6.18 Å². The zero-order valence-electron chi connectivity index (χ0n) is 14.8. The van der Waals surface area contributed by atoms with E-state index in [9.17, 15) is 22.8 Å². The zero-order chi connectivity index (χ0) is 19.6. The molecular weight excluding hydrogens is 357 g/mol. The molecule has 0 aromatic heterocycles. The number of nitrogens with zero attached hydrogens (tertiary/aromatic N) is 2. The van der Waals surface area contributed by atoms with Crippen molar-refractivity contribution in [2.24, 2.45) is 0 Å². The quantitative estimate of drug-likeness (QED) is 0.801. The van der Waals surface area contributed by atoms with Gasteiger partial charge in [0.05, 0.1) is 5.56 Å². The van der Waals surface area contributed by atoms with E-state index >= 15 is 0 Å². The lowest BCUT2D eigenvalue weighted by Gasteiger charge is -2.29. The van der Waals surface area contributed by atoms with Crippen molar-refractivity contribution in [2.75, 3.05) is 18.1 Å². The molecule has 4 nitrogen and oxygen atoms in total. The summed E-state index contributed by atoms with van der Waals surface area (Å²) in [6.07, 6.45) is -3.46. The Hall–Kier alpha value is -2.83. The lowest BCUT2D eigenvalue weighted by molar-refractivity contribution is -0.137. The molecule has 0 spiro atoms. The van der Waals surface area contributed by atoms with E-state index in [0.29, 0.717) is 30.5 Å². The molecule has 0 N–H and O–H groups in total. The number of alkyl halides is 3. The van der Waals surface area contributed by atoms with Gasteiger partial charge in [-0.15, -0.1) is 0 Å². The minimum atomic E-state index is -4.52. The van der Waals surface area contributed by atoms with Crippen LogP contribution in [0, 0.1) is 6.92 Å². The summed E-state index contributed by atoms with van der Waals surface area (Å²) in [4.78, 5) is 27.9. The molecule has 3 rings (SSSR count). The van der Waals surface area contributed by atoms with Gasteiger partial charge in [0.25, 0.3) is 5.91 Å². The standard InChI is InChI=1S/C20H19F3N2O2/c1-14-6-2-3-9-17(14)19(27)25(13-24-11-5-10-18(24)26)16-8-4-7-15(12-16)20(21,22)23/h2-4,6-9,12H,5,10-11,13H2,1H3. The Kier molecular flexibility index (Phi) is 5.21. The SMILES string of the molecule is Cc1ccccc1C(=O)N(CN1CCCC1=O)c1cccc(C(F)(F)F)c1. The molecule has 0 saturated carbocycles. The Morgan fingerprint density at radius 2 is 1.89 bits per heavy atom. The Morgan fingerprint density at radius 3 is 2.52 bits per heavy atom. The first-order valence-corrected chi connectivity index (χ1v) is 8.60. The van der Waals surface area contributed by atoms with Crippen molar-refractivity contribution in [2.45, 2.75) is 25.9 Å². The number of anilines is 1. The van der Waals surface area contributed by atoms with Gasteiger partial charge < -0.3 is 4.90 Å². The lowest BCUT2D eigenvalue weighted by atomic mass is 10.1. The molecule has 0 unspecified atom stereocenters. The second kappa shape index (κ2) is 7.42. The highest BCUT2D eigenvalue weighted by molar-refractivity contribution is 6.07. The zero-order valence-corrected chi connectivity index (χ0v) is 14.8. The molecule has 1 fully saturated rings. The summed E-state index contributed by atoms with van der Waals surface area (Å²) in [6.45, 7) is 2.17. The number of aryl methyl sites for hydroxylation is 1. The van der Waals surface area contributed by atoms with Crippen molar-refractivity contribution < 1.29 is 22.8 Å². The summed E-state index contributed by atoms with van der Waals surface area (Å²) in [5, 5.41) is 0. The molecule has 2 aromatic carbocycles. The highest BCUT2D eigenvalue weighted by Crippen LogP contribution is 2.32. The highest BCUT2D eigenvalue weighted by atomic mass is 19.4. The number of amides is 2. The predicted molar refractivity (Wildman–Crippen MR) is 95.2 cm³/mol. The van der Waals surface area contributed by atoms with Crippen LogP contribution in [-0.2, 0) is 11.0 Å². The molecule has 1 saturated heterocycles. The fraction of sp³-hybridized carbons (Fsp3) is 0.300. The summed E-state index contributed by atoms with van der Waals surface area (Å²) in [5.41, 5.74) is 0.377. The van der Waals surface area contributed by atoms with E-state index in [1.165, 1.54) is 21.9 Å². The summed E-state index contributed by atoms with van der Waals surface area (Å²) < 4.78 is 39.4. The molecule has 1 heterocycles. The van der Waals surface area contributed by atoms with Crippen LogP contribution >= 0.6 is 0 Å². The maximum absolute atomic E-state index is 13.1. The molecule has 1 aliphatic rings. The number of carbonyl (C=O) groups is 2. The molecule has 2 aromatic rings. The molecule has 0 atom stereocenters. The van der Waals surface area contributed by atoms with Gasteiger partial charge in [-0.2, -0.15) is 13.2 Å². The Bertz CT molecular complexity index is 864. The van der Waals surface area contributed by atoms with Crippen molar-refractivity contribution in [3.05, 3.63) is 65.2 Å². The average Bonchev–Trinajstić information content (AvgIpc) is 3.04. The van der Waals surface area contributed by atoms with E-state index in [0.717, 1.165) is 12.1 Å². The Morgan fingerprint density at radius 1 is 1.15 bits per heavy atom.